The molecule has 1 aliphatic heterocycles. The lowest BCUT2D eigenvalue weighted by atomic mass is 10.2. The quantitative estimate of drug-likeness (QED) is 0.651. The molecule has 2 aromatic heterocycles. The van der Waals surface area contributed by atoms with Crippen LogP contribution in [0.25, 0.3) is 16.6 Å². The number of fused-ring (bicyclic) bond motifs is 3. The second-order valence-electron chi connectivity index (χ2n) is 8.76. The summed E-state index contributed by atoms with van der Waals surface area (Å²) < 4.78 is 3.40. The third kappa shape index (κ3) is 3.99. The van der Waals surface area contributed by atoms with Gasteiger partial charge >= 0.3 is 0 Å². The molecule has 0 radical (unpaired) electrons. The maximum Gasteiger partial charge on any atom is 0.277 e. The van der Waals surface area contributed by atoms with E-state index >= 15 is 0 Å². The summed E-state index contributed by atoms with van der Waals surface area (Å²) in [5.41, 5.74) is 2.27. The lowest BCUT2D eigenvalue weighted by Crippen LogP contribution is -2.34. The molecule has 1 fully saturated rings. The van der Waals surface area contributed by atoms with Gasteiger partial charge in [-0.05, 0) is 57.3 Å². The highest BCUT2D eigenvalue weighted by Gasteiger charge is 2.20. The van der Waals surface area contributed by atoms with Gasteiger partial charge in [0.2, 0.25) is 0 Å². The Bertz CT molecular complexity index is 1110. The molecule has 1 amide bonds. The average Bonchev–Trinajstić information content (AvgIpc) is 3.41. The minimum Gasteiger partial charge on any atom is -0.351 e. The number of amides is 1. The normalized spacial score (nSPS) is 16.0. The van der Waals surface area contributed by atoms with Gasteiger partial charge in [0, 0.05) is 25.2 Å². The first-order valence-electron chi connectivity index (χ1n) is 11.0. The molecule has 1 aliphatic rings. The van der Waals surface area contributed by atoms with E-state index in [9.17, 15) is 9.59 Å². The number of benzene rings is 1. The van der Waals surface area contributed by atoms with E-state index in [-0.39, 0.29) is 17.2 Å². The molecule has 0 bridgehead atoms. The molecule has 4 rings (SSSR count). The van der Waals surface area contributed by atoms with E-state index in [0.717, 1.165) is 30.5 Å². The van der Waals surface area contributed by atoms with E-state index in [1.54, 1.807) is 15.1 Å². The highest BCUT2D eigenvalue weighted by Crippen LogP contribution is 2.17. The molecule has 0 aliphatic carbocycles. The maximum absolute atomic E-state index is 13.1. The first-order valence-corrected chi connectivity index (χ1v) is 11.0. The zero-order valence-corrected chi connectivity index (χ0v) is 18.1. The van der Waals surface area contributed by atoms with Crippen LogP contribution in [0.1, 0.15) is 50.5 Å². The molecule has 0 spiro atoms. The Morgan fingerprint density at radius 2 is 1.80 bits per heavy atom. The van der Waals surface area contributed by atoms with Crippen LogP contribution in [-0.2, 0) is 6.54 Å². The molecular formula is C23H31N5O2. The maximum atomic E-state index is 13.1. The van der Waals surface area contributed by atoms with Crippen LogP contribution in [0.4, 0.5) is 0 Å². The van der Waals surface area contributed by atoms with Crippen LogP contribution in [0.3, 0.4) is 0 Å². The fraction of sp³-hybridized carbons (Fsp3) is 0.522. The topological polar surface area (TPSA) is 71.6 Å². The monoisotopic (exact) mass is 409 g/mol. The molecular weight excluding hydrogens is 378 g/mol. The van der Waals surface area contributed by atoms with Crippen molar-refractivity contribution < 1.29 is 4.79 Å². The van der Waals surface area contributed by atoms with E-state index in [2.05, 4.69) is 36.1 Å². The molecule has 30 heavy (non-hydrogen) atoms. The molecule has 1 N–H and O–H groups in total. The standard InChI is InChI=1S/C23H31N5O2/c1-16(2)15-27-19-8-4-5-9-20(19)28-21(23(27)30)14-18(25-28)22(29)24-11-10-17(3)26-12-6-7-13-26/h4-5,8-9,14,16-17H,6-7,10-13,15H2,1-3H3,(H,24,29)/t17-/m1/s1. The van der Waals surface area contributed by atoms with Gasteiger partial charge in [0.25, 0.3) is 11.5 Å². The van der Waals surface area contributed by atoms with E-state index in [1.807, 2.05) is 24.3 Å². The van der Waals surface area contributed by atoms with Crippen molar-refractivity contribution in [3.05, 3.63) is 46.4 Å². The molecule has 1 aromatic carbocycles. The van der Waals surface area contributed by atoms with Crippen molar-refractivity contribution in [2.24, 2.45) is 5.92 Å². The minimum absolute atomic E-state index is 0.114. The molecule has 3 heterocycles. The molecule has 0 unspecified atom stereocenters. The van der Waals surface area contributed by atoms with Gasteiger partial charge in [-0.2, -0.15) is 5.10 Å². The number of aromatic nitrogens is 3. The van der Waals surface area contributed by atoms with Gasteiger partial charge in [0.15, 0.2) is 5.69 Å². The van der Waals surface area contributed by atoms with Crippen molar-refractivity contribution in [3.63, 3.8) is 0 Å². The summed E-state index contributed by atoms with van der Waals surface area (Å²) in [6.07, 6.45) is 3.43. The number of hydrogen-bond donors (Lipinski definition) is 1. The summed E-state index contributed by atoms with van der Waals surface area (Å²) in [5, 5.41) is 7.46. The van der Waals surface area contributed by atoms with E-state index in [1.165, 1.54) is 12.8 Å². The van der Waals surface area contributed by atoms with Crippen molar-refractivity contribution >= 4 is 22.5 Å². The predicted octanol–water partition coefficient (Wildman–Crippen LogP) is 2.91. The molecule has 1 atom stereocenters. The van der Waals surface area contributed by atoms with E-state index in [4.69, 9.17) is 0 Å². The van der Waals surface area contributed by atoms with Crippen LogP contribution in [0.15, 0.2) is 35.1 Å². The van der Waals surface area contributed by atoms with Crippen LogP contribution >= 0.6 is 0 Å². The average molecular weight is 410 g/mol. The number of likely N-dealkylation sites (tertiary alicyclic amines) is 1. The van der Waals surface area contributed by atoms with Crippen LogP contribution < -0.4 is 10.9 Å². The third-order valence-electron chi connectivity index (χ3n) is 5.97. The zero-order valence-electron chi connectivity index (χ0n) is 18.1. The first-order chi connectivity index (χ1) is 14.5. The summed E-state index contributed by atoms with van der Waals surface area (Å²) in [7, 11) is 0. The molecule has 1 saturated heterocycles. The largest absolute Gasteiger partial charge is 0.351 e. The lowest BCUT2D eigenvalue weighted by molar-refractivity contribution is 0.0944. The number of carbonyl (C=O) groups excluding carboxylic acids is 1. The first kappa shape index (κ1) is 20.6. The highest BCUT2D eigenvalue weighted by atomic mass is 16.2. The van der Waals surface area contributed by atoms with Crippen LogP contribution in [0, 0.1) is 5.92 Å². The van der Waals surface area contributed by atoms with Crippen molar-refractivity contribution in [2.75, 3.05) is 19.6 Å². The second kappa shape index (κ2) is 8.60. The molecule has 7 nitrogen and oxygen atoms in total. The van der Waals surface area contributed by atoms with Crippen molar-refractivity contribution in [1.29, 1.82) is 0 Å². The van der Waals surface area contributed by atoms with Gasteiger partial charge in [-0.25, -0.2) is 4.52 Å². The number of para-hydroxylation sites is 2. The number of rotatable bonds is 7. The van der Waals surface area contributed by atoms with Crippen molar-refractivity contribution in [3.8, 4) is 0 Å². The second-order valence-corrected chi connectivity index (χ2v) is 8.76. The Kier molecular flexibility index (Phi) is 5.90. The third-order valence-corrected chi connectivity index (χ3v) is 5.97. The number of hydrogen-bond acceptors (Lipinski definition) is 4. The fourth-order valence-electron chi connectivity index (χ4n) is 4.34. The van der Waals surface area contributed by atoms with Gasteiger partial charge < -0.3 is 14.8 Å². The smallest absolute Gasteiger partial charge is 0.277 e. The summed E-state index contributed by atoms with van der Waals surface area (Å²) in [6, 6.07) is 9.78. The summed E-state index contributed by atoms with van der Waals surface area (Å²) in [5.74, 6) is 0.100. The zero-order chi connectivity index (χ0) is 21.3. The summed E-state index contributed by atoms with van der Waals surface area (Å²) in [4.78, 5) is 28.3. The Hall–Kier alpha value is -2.67. The number of nitrogens with zero attached hydrogens (tertiary/aromatic N) is 4. The van der Waals surface area contributed by atoms with Gasteiger partial charge in [0.1, 0.15) is 5.52 Å². The Balaban J connectivity index is 1.58. The SMILES string of the molecule is CC(C)Cn1c(=O)c2cc(C(=O)NCC[C@@H](C)N3CCCC3)nn2c2ccccc21. The van der Waals surface area contributed by atoms with Crippen LogP contribution in [0.5, 0.6) is 0 Å². The Morgan fingerprint density at radius 3 is 2.50 bits per heavy atom. The lowest BCUT2D eigenvalue weighted by Gasteiger charge is -2.23. The number of nitrogens with one attached hydrogen (secondary N) is 1. The molecule has 3 aromatic rings. The van der Waals surface area contributed by atoms with E-state index < -0.39 is 0 Å². The fourth-order valence-corrected chi connectivity index (χ4v) is 4.34. The minimum atomic E-state index is -0.230. The highest BCUT2D eigenvalue weighted by molar-refractivity contribution is 5.94. The van der Waals surface area contributed by atoms with Gasteiger partial charge in [0.05, 0.1) is 11.0 Å². The molecule has 160 valence electrons. The summed E-state index contributed by atoms with van der Waals surface area (Å²) in [6.45, 7) is 9.91. The van der Waals surface area contributed by atoms with Crippen LogP contribution in [-0.4, -0.2) is 50.7 Å². The van der Waals surface area contributed by atoms with Gasteiger partial charge in [-0.15, -0.1) is 0 Å². The number of carbonyl (C=O) groups is 1. The Morgan fingerprint density at radius 1 is 1.10 bits per heavy atom. The van der Waals surface area contributed by atoms with Gasteiger partial charge in [-0.1, -0.05) is 26.0 Å². The predicted molar refractivity (Wildman–Crippen MR) is 119 cm³/mol. The molecule has 0 saturated carbocycles. The Labute approximate surface area is 176 Å². The molecule has 7 heteroatoms. The van der Waals surface area contributed by atoms with Crippen molar-refractivity contribution in [1.82, 2.24) is 24.4 Å². The van der Waals surface area contributed by atoms with Gasteiger partial charge in [-0.3, -0.25) is 9.59 Å². The summed E-state index contributed by atoms with van der Waals surface area (Å²) >= 11 is 0. The van der Waals surface area contributed by atoms with Crippen molar-refractivity contribution in [2.45, 2.75) is 52.6 Å². The van der Waals surface area contributed by atoms with E-state index in [0.29, 0.717) is 30.6 Å². The van der Waals surface area contributed by atoms with Crippen LogP contribution in [0.2, 0.25) is 0 Å².